The van der Waals surface area contributed by atoms with E-state index in [0.29, 0.717) is 24.6 Å². The van der Waals surface area contributed by atoms with Crippen molar-refractivity contribution in [3.63, 3.8) is 0 Å². The summed E-state index contributed by atoms with van der Waals surface area (Å²) in [6.07, 6.45) is 1.53. The fourth-order valence-corrected chi connectivity index (χ4v) is 1.76. The number of methoxy groups -OCH3 is 1. The molecule has 1 fully saturated rings. The van der Waals surface area contributed by atoms with Gasteiger partial charge in [0.1, 0.15) is 11.6 Å². The molecule has 5 heteroatoms. The molecule has 1 N–H and O–H groups in total. The number of nitrogens with one attached hydrogen (secondary N) is 1. The minimum atomic E-state index is -0.0969. The Morgan fingerprint density at radius 3 is 3.19 bits per heavy atom. The normalized spacial score (nSPS) is 20.1. The summed E-state index contributed by atoms with van der Waals surface area (Å²) in [5, 5.41) is 12.3. The lowest BCUT2D eigenvalue weighted by Crippen LogP contribution is -2.33. The highest BCUT2D eigenvalue weighted by Gasteiger charge is 2.21. The first-order valence-corrected chi connectivity index (χ1v) is 5.12. The van der Waals surface area contributed by atoms with Crippen LogP contribution in [-0.2, 0) is 4.74 Å². The maximum absolute atomic E-state index is 9.12. The van der Waals surface area contributed by atoms with Gasteiger partial charge in [-0.3, -0.25) is 0 Å². The Balaban J connectivity index is 2.35. The predicted octanol–water partition coefficient (Wildman–Crippen LogP) is 0.623. The number of hydrogen-bond acceptors (Lipinski definition) is 5. The van der Waals surface area contributed by atoms with E-state index in [9.17, 15) is 0 Å². The average Bonchev–Trinajstić information content (AvgIpc) is 2.38. The van der Waals surface area contributed by atoms with Crippen LogP contribution in [0, 0.1) is 11.3 Å². The number of nitriles is 1. The van der Waals surface area contributed by atoms with E-state index in [1.165, 1.54) is 7.11 Å². The highest BCUT2D eigenvalue weighted by molar-refractivity contribution is 5.45. The number of ether oxygens (including phenoxy) is 2. The monoisotopic (exact) mass is 219 g/mol. The standard InChI is InChI=1S/C11H13N3O2/c1-15-11-9(6-12)8(2-3-14-11)10-7-13-4-5-16-10/h2-3,10,13H,4-5,7H2,1H3. The quantitative estimate of drug-likeness (QED) is 0.789. The molecule has 1 aliphatic heterocycles. The maximum atomic E-state index is 9.12. The number of rotatable bonds is 2. The Morgan fingerprint density at radius 2 is 2.56 bits per heavy atom. The van der Waals surface area contributed by atoms with Crippen LogP contribution in [-0.4, -0.2) is 31.8 Å². The summed E-state index contributed by atoms with van der Waals surface area (Å²) in [6, 6.07) is 3.92. The summed E-state index contributed by atoms with van der Waals surface area (Å²) < 4.78 is 10.7. The molecule has 0 saturated carbocycles. The van der Waals surface area contributed by atoms with Crippen molar-refractivity contribution in [2.45, 2.75) is 6.10 Å². The Kier molecular flexibility index (Phi) is 3.34. The Labute approximate surface area is 94.0 Å². The van der Waals surface area contributed by atoms with Crippen molar-refractivity contribution in [1.82, 2.24) is 10.3 Å². The van der Waals surface area contributed by atoms with Gasteiger partial charge in [-0.1, -0.05) is 0 Å². The van der Waals surface area contributed by atoms with E-state index >= 15 is 0 Å². The molecule has 5 nitrogen and oxygen atoms in total. The molecule has 0 spiro atoms. The van der Waals surface area contributed by atoms with Gasteiger partial charge < -0.3 is 14.8 Å². The third-order valence-electron chi connectivity index (χ3n) is 2.53. The summed E-state index contributed by atoms with van der Waals surface area (Å²) in [7, 11) is 1.51. The Morgan fingerprint density at radius 1 is 1.69 bits per heavy atom. The minimum Gasteiger partial charge on any atom is -0.480 e. The summed E-state index contributed by atoms with van der Waals surface area (Å²) in [5.41, 5.74) is 1.29. The molecule has 0 aromatic carbocycles. The van der Waals surface area contributed by atoms with Crippen molar-refractivity contribution in [3.8, 4) is 11.9 Å². The SMILES string of the molecule is COc1nccc(C2CNCCO2)c1C#N. The molecule has 2 rings (SSSR count). The molecular weight excluding hydrogens is 206 g/mol. The third-order valence-corrected chi connectivity index (χ3v) is 2.53. The van der Waals surface area contributed by atoms with E-state index in [-0.39, 0.29) is 6.10 Å². The maximum Gasteiger partial charge on any atom is 0.231 e. The van der Waals surface area contributed by atoms with Crippen LogP contribution in [0.4, 0.5) is 0 Å². The van der Waals surface area contributed by atoms with Crippen LogP contribution in [0.25, 0.3) is 0 Å². The molecule has 1 aliphatic rings. The van der Waals surface area contributed by atoms with Crippen LogP contribution >= 0.6 is 0 Å². The predicted molar refractivity (Wildman–Crippen MR) is 57.1 cm³/mol. The first-order valence-electron chi connectivity index (χ1n) is 5.12. The number of morpholine rings is 1. The zero-order valence-corrected chi connectivity index (χ0v) is 9.06. The van der Waals surface area contributed by atoms with Gasteiger partial charge in [-0.05, 0) is 6.07 Å². The highest BCUT2D eigenvalue weighted by Crippen LogP contribution is 2.26. The van der Waals surface area contributed by atoms with Gasteiger partial charge in [0.15, 0.2) is 0 Å². The van der Waals surface area contributed by atoms with Crippen LogP contribution in [0.1, 0.15) is 17.2 Å². The number of hydrogen-bond donors (Lipinski definition) is 1. The molecule has 1 unspecified atom stereocenters. The van der Waals surface area contributed by atoms with Gasteiger partial charge in [0.05, 0.1) is 19.8 Å². The topological polar surface area (TPSA) is 67.2 Å². The van der Waals surface area contributed by atoms with E-state index in [4.69, 9.17) is 14.7 Å². The van der Waals surface area contributed by atoms with Crippen LogP contribution in [0.15, 0.2) is 12.3 Å². The van der Waals surface area contributed by atoms with E-state index < -0.39 is 0 Å². The van der Waals surface area contributed by atoms with Gasteiger partial charge in [-0.15, -0.1) is 0 Å². The van der Waals surface area contributed by atoms with Gasteiger partial charge in [0.2, 0.25) is 5.88 Å². The first-order chi connectivity index (χ1) is 7.86. The molecule has 2 heterocycles. The number of nitrogens with zero attached hydrogens (tertiary/aromatic N) is 2. The molecule has 84 valence electrons. The lowest BCUT2D eigenvalue weighted by molar-refractivity contribution is 0.0273. The van der Waals surface area contributed by atoms with Crippen molar-refractivity contribution in [2.24, 2.45) is 0 Å². The van der Waals surface area contributed by atoms with Crippen molar-refractivity contribution < 1.29 is 9.47 Å². The molecule has 1 aromatic rings. The number of aromatic nitrogens is 1. The summed E-state index contributed by atoms with van der Waals surface area (Å²) in [4.78, 5) is 4.00. The molecule has 1 saturated heterocycles. The lowest BCUT2D eigenvalue weighted by atomic mass is 10.0. The van der Waals surface area contributed by atoms with E-state index in [2.05, 4.69) is 16.4 Å². The van der Waals surface area contributed by atoms with E-state index in [1.54, 1.807) is 12.3 Å². The highest BCUT2D eigenvalue weighted by atomic mass is 16.5. The summed E-state index contributed by atoms with van der Waals surface area (Å²) in [5.74, 6) is 0.356. The first kappa shape index (κ1) is 10.9. The third kappa shape index (κ3) is 1.98. The molecule has 0 aliphatic carbocycles. The lowest BCUT2D eigenvalue weighted by Gasteiger charge is -2.24. The van der Waals surface area contributed by atoms with Crippen LogP contribution in [0.5, 0.6) is 5.88 Å². The molecule has 0 amide bonds. The molecule has 0 radical (unpaired) electrons. The minimum absolute atomic E-state index is 0.0969. The second kappa shape index (κ2) is 4.92. The van der Waals surface area contributed by atoms with Gasteiger partial charge in [0.25, 0.3) is 0 Å². The second-order valence-corrected chi connectivity index (χ2v) is 3.46. The van der Waals surface area contributed by atoms with Gasteiger partial charge in [0, 0.05) is 24.8 Å². The largest absolute Gasteiger partial charge is 0.480 e. The summed E-state index contributed by atoms with van der Waals surface area (Å²) >= 11 is 0. The van der Waals surface area contributed by atoms with Crippen molar-refractivity contribution in [2.75, 3.05) is 26.8 Å². The molecular formula is C11H13N3O2. The molecule has 1 atom stereocenters. The zero-order chi connectivity index (χ0) is 11.4. The van der Waals surface area contributed by atoms with Crippen LogP contribution < -0.4 is 10.1 Å². The van der Waals surface area contributed by atoms with Crippen LogP contribution in [0.3, 0.4) is 0 Å². The molecule has 1 aromatic heterocycles. The fraction of sp³-hybridized carbons (Fsp3) is 0.455. The molecule has 16 heavy (non-hydrogen) atoms. The van der Waals surface area contributed by atoms with Crippen molar-refractivity contribution in [3.05, 3.63) is 23.4 Å². The van der Waals surface area contributed by atoms with E-state index in [0.717, 1.165) is 12.1 Å². The van der Waals surface area contributed by atoms with E-state index in [1.807, 2.05) is 0 Å². The average molecular weight is 219 g/mol. The van der Waals surface area contributed by atoms with Crippen molar-refractivity contribution >= 4 is 0 Å². The smallest absolute Gasteiger partial charge is 0.231 e. The number of pyridine rings is 1. The van der Waals surface area contributed by atoms with Crippen molar-refractivity contribution in [1.29, 1.82) is 5.26 Å². The van der Waals surface area contributed by atoms with Crippen LogP contribution in [0.2, 0.25) is 0 Å². The van der Waals surface area contributed by atoms with Gasteiger partial charge in [-0.25, -0.2) is 4.98 Å². The Hall–Kier alpha value is -1.64. The second-order valence-electron chi connectivity index (χ2n) is 3.46. The zero-order valence-electron chi connectivity index (χ0n) is 9.06. The van der Waals surface area contributed by atoms with Gasteiger partial charge >= 0.3 is 0 Å². The Bertz CT molecular complexity index is 408. The fourth-order valence-electron chi connectivity index (χ4n) is 1.76. The molecule has 0 bridgehead atoms. The van der Waals surface area contributed by atoms with Gasteiger partial charge in [-0.2, -0.15) is 5.26 Å². The summed E-state index contributed by atoms with van der Waals surface area (Å²) in [6.45, 7) is 2.21.